The van der Waals surface area contributed by atoms with Gasteiger partial charge in [-0.05, 0) is 86.1 Å². The number of benzene rings is 3. The number of phenolic OH excluding ortho intramolecular Hbond substituents is 1. The van der Waals surface area contributed by atoms with Gasteiger partial charge in [-0.3, -0.25) is 9.69 Å². The number of carbonyl (C=O) groups is 1. The van der Waals surface area contributed by atoms with Gasteiger partial charge in [0.2, 0.25) is 0 Å². The second-order valence-corrected chi connectivity index (χ2v) is 9.65. The zero-order valence-corrected chi connectivity index (χ0v) is 19.6. The van der Waals surface area contributed by atoms with Crippen LogP contribution in [0.25, 0.3) is 20.5 Å². The minimum absolute atomic E-state index is 0.129. The number of thiophene rings is 1. The fourth-order valence-corrected chi connectivity index (χ4v) is 5.70. The van der Waals surface area contributed by atoms with Gasteiger partial charge in [-0.1, -0.05) is 18.6 Å². The fourth-order valence-electron chi connectivity index (χ4n) is 4.47. The van der Waals surface area contributed by atoms with Gasteiger partial charge in [0, 0.05) is 32.6 Å². The molecule has 0 unspecified atom stereocenters. The maximum absolute atomic E-state index is 14.0. The standard InChI is InChI=1S/C28H26FNO3S/c29-21-6-4-5-20(17-21)28-26(24-12-9-22(31)18-25(24)34-28)27(32)19-7-10-23(11-8-19)33-16-15-30-13-2-1-3-14-30/h4-12,17-18,31H,1-3,13-16H2. The molecular weight excluding hydrogens is 449 g/mol. The maximum atomic E-state index is 14.0. The molecule has 1 saturated heterocycles. The van der Waals surface area contributed by atoms with Gasteiger partial charge in [0.05, 0.1) is 0 Å². The summed E-state index contributed by atoms with van der Waals surface area (Å²) in [5, 5.41) is 10.7. The molecular formula is C28H26FNO3S. The normalized spacial score (nSPS) is 14.4. The largest absolute Gasteiger partial charge is 0.508 e. The van der Waals surface area contributed by atoms with Gasteiger partial charge in [0.25, 0.3) is 0 Å². The van der Waals surface area contributed by atoms with Crippen molar-refractivity contribution in [3.05, 3.63) is 83.7 Å². The van der Waals surface area contributed by atoms with E-state index in [0.29, 0.717) is 28.2 Å². The quantitative estimate of drug-likeness (QED) is 0.310. The van der Waals surface area contributed by atoms with E-state index in [1.54, 1.807) is 42.5 Å². The van der Waals surface area contributed by atoms with E-state index in [4.69, 9.17) is 4.74 Å². The van der Waals surface area contributed by atoms with E-state index in [1.165, 1.54) is 42.7 Å². The summed E-state index contributed by atoms with van der Waals surface area (Å²) in [5.41, 5.74) is 1.69. The highest BCUT2D eigenvalue weighted by Crippen LogP contribution is 2.41. The number of halogens is 1. The molecule has 2 heterocycles. The van der Waals surface area contributed by atoms with Gasteiger partial charge in [-0.25, -0.2) is 4.39 Å². The van der Waals surface area contributed by atoms with Crippen molar-refractivity contribution in [2.24, 2.45) is 0 Å². The number of hydrogen-bond acceptors (Lipinski definition) is 5. The summed E-state index contributed by atoms with van der Waals surface area (Å²) in [6.07, 6.45) is 3.82. The third-order valence-electron chi connectivity index (χ3n) is 6.23. The SMILES string of the molecule is O=C(c1ccc(OCCN2CCCCC2)cc1)c1c(-c2cccc(F)c2)sc2cc(O)ccc12. The number of piperidine rings is 1. The Morgan fingerprint density at radius 1 is 1.00 bits per heavy atom. The summed E-state index contributed by atoms with van der Waals surface area (Å²) >= 11 is 1.37. The molecule has 0 saturated carbocycles. The Kier molecular flexibility index (Phi) is 6.61. The first-order valence-electron chi connectivity index (χ1n) is 11.6. The van der Waals surface area contributed by atoms with Crippen LogP contribution in [-0.4, -0.2) is 42.0 Å². The number of hydrogen-bond donors (Lipinski definition) is 1. The molecule has 0 amide bonds. The second-order valence-electron chi connectivity index (χ2n) is 8.60. The van der Waals surface area contributed by atoms with Crippen molar-refractivity contribution in [2.45, 2.75) is 19.3 Å². The number of nitrogens with zero attached hydrogens (tertiary/aromatic N) is 1. The van der Waals surface area contributed by atoms with E-state index in [0.717, 1.165) is 35.5 Å². The van der Waals surface area contributed by atoms with Crippen molar-refractivity contribution in [1.82, 2.24) is 4.90 Å². The molecule has 4 nitrogen and oxygen atoms in total. The Morgan fingerprint density at radius 3 is 2.56 bits per heavy atom. The van der Waals surface area contributed by atoms with Crippen LogP contribution in [0.4, 0.5) is 4.39 Å². The van der Waals surface area contributed by atoms with Gasteiger partial charge in [-0.2, -0.15) is 0 Å². The molecule has 6 heteroatoms. The summed E-state index contributed by atoms with van der Waals surface area (Å²) in [6.45, 7) is 3.80. The van der Waals surface area contributed by atoms with Crippen LogP contribution in [0.15, 0.2) is 66.7 Å². The van der Waals surface area contributed by atoms with E-state index in [2.05, 4.69) is 4.90 Å². The highest BCUT2D eigenvalue weighted by molar-refractivity contribution is 7.22. The van der Waals surface area contributed by atoms with Crippen LogP contribution in [0.2, 0.25) is 0 Å². The lowest BCUT2D eigenvalue weighted by molar-refractivity contribution is 0.104. The van der Waals surface area contributed by atoms with E-state index >= 15 is 0 Å². The van der Waals surface area contributed by atoms with Crippen LogP contribution >= 0.6 is 11.3 Å². The molecule has 1 fully saturated rings. The maximum Gasteiger partial charge on any atom is 0.195 e. The van der Waals surface area contributed by atoms with Crippen LogP contribution in [-0.2, 0) is 0 Å². The fraction of sp³-hybridized carbons (Fsp3) is 0.250. The number of fused-ring (bicyclic) bond motifs is 1. The minimum atomic E-state index is -0.359. The topological polar surface area (TPSA) is 49.8 Å². The first kappa shape index (κ1) is 22.6. The smallest absolute Gasteiger partial charge is 0.195 e. The van der Waals surface area contributed by atoms with Gasteiger partial charge in [-0.15, -0.1) is 11.3 Å². The molecule has 1 aromatic heterocycles. The Morgan fingerprint density at radius 2 is 1.79 bits per heavy atom. The van der Waals surface area contributed by atoms with E-state index in [9.17, 15) is 14.3 Å². The number of phenols is 1. The molecule has 0 bridgehead atoms. The lowest BCUT2D eigenvalue weighted by atomic mass is 9.97. The van der Waals surface area contributed by atoms with Crippen molar-refractivity contribution < 1.29 is 19.0 Å². The lowest BCUT2D eigenvalue weighted by Gasteiger charge is -2.26. The van der Waals surface area contributed by atoms with Crippen LogP contribution in [0.5, 0.6) is 11.5 Å². The van der Waals surface area contributed by atoms with Crippen molar-refractivity contribution in [1.29, 1.82) is 0 Å². The molecule has 34 heavy (non-hydrogen) atoms. The van der Waals surface area contributed by atoms with Crippen LogP contribution in [0, 0.1) is 5.82 Å². The molecule has 5 rings (SSSR count). The van der Waals surface area contributed by atoms with E-state index in [-0.39, 0.29) is 17.3 Å². The zero-order valence-electron chi connectivity index (χ0n) is 18.8. The monoisotopic (exact) mass is 475 g/mol. The van der Waals surface area contributed by atoms with Crippen molar-refractivity contribution in [2.75, 3.05) is 26.2 Å². The number of carbonyl (C=O) groups excluding carboxylic acids is 1. The highest BCUT2D eigenvalue weighted by Gasteiger charge is 2.22. The molecule has 174 valence electrons. The van der Waals surface area contributed by atoms with Gasteiger partial charge >= 0.3 is 0 Å². The van der Waals surface area contributed by atoms with E-state index < -0.39 is 0 Å². The number of aromatic hydroxyl groups is 1. The Balaban J connectivity index is 1.40. The molecule has 4 aromatic rings. The first-order chi connectivity index (χ1) is 16.6. The van der Waals surface area contributed by atoms with Crippen molar-refractivity contribution in [3.63, 3.8) is 0 Å². The lowest BCUT2D eigenvalue weighted by Crippen LogP contribution is -2.33. The average Bonchev–Trinajstić information content (AvgIpc) is 3.23. The molecule has 1 N–H and O–H groups in total. The molecule has 0 radical (unpaired) electrons. The summed E-state index contributed by atoms with van der Waals surface area (Å²) in [6, 6.07) is 18.4. The predicted molar refractivity (Wildman–Crippen MR) is 135 cm³/mol. The first-order valence-corrected chi connectivity index (χ1v) is 12.4. The number of likely N-dealkylation sites (tertiary alicyclic amines) is 1. The van der Waals surface area contributed by atoms with Gasteiger partial charge < -0.3 is 9.84 Å². The summed E-state index contributed by atoms with van der Waals surface area (Å²) in [4.78, 5) is 16.7. The third kappa shape index (κ3) is 4.83. The van der Waals surface area contributed by atoms with E-state index in [1.807, 2.05) is 12.1 Å². The van der Waals surface area contributed by atoms with Gasteiger partial charge in [0.1, 0.15) is 23.9 Å². The molecule has 0 atom stereocenters. The summed E-state index contributed by atoms with van der Waals surface area (Å²) in [5.74, 6) is 0.363. The summed E-state index contributed by atoms with van der Waals surface area (Å²) < 4.78 is 20.6. The molecule has 0 aliphatic carbocycles. The molecule has 0 spiro atoms. The predicted octanol–water partition coefficient (Wildman–Crippen LogP) is 6.51. The van der Waals surface area contributed by atoms with Crippen molar-refractivity contribution in [3.8, 4) is 21.9 Å². The Hall–Kier alpha value is -3.22. The zero-order chi connectivity index (χ0) is 23.5. The molecule has 1 aliphatic heterocycles. The van der Waals surface area contributed by atoms with Crippen molar-refractivity contribution >= 4 is 27.2 Å². The molecule has 3 aromatic carbocycles. The Bertz CT molecular complexity index is 1310. The van der Waals surface area contributed by atoms with Crippen LogP contribution in [0.3, 0.4) is 0 Å². The average molecular weight is 476 g/mol. The van der Waals surface area contributed by atoms with Crippen LogP contribution in [0.1, 0.15) is 35.2 Å². The minimum Gasteiger partial charge on any atom is -0.508 e. The summed E-state index contributed by atoms with van der Waals surface area (Å²) in [7, 11) is 0. The van der Waals surface area contributed by atoms with Crippen LogP contribution < -0.4 is 4.74 Å². The number of ether oxygens (including phenoxy) is 1. The molecule has 1 aliphatic rings. The Labute approximate surface area is 202 Å². The highest BCUT2D eigenvalue weighted by atomic mass is 32.1. The number of ketones is 1. The van der Waals surface area contributed by atoms with Gasteiger partial charge in [0.15, 0.2) is 5.78 Å². The second kappa shape index (κ2) is 9.95. The third-order valence-corrected chi connectivity index (χ3v) is 7.43. The number of rotatable bonds is 7.